The van der Waals surface area contributed by atoms with Gasteiger partial charge in [-0.25, -0.2) is 0 Å². The maximum absolute atomic E-state index is 9.51. The molecule has 0 N–H and O–H groups in total. The summed E-state index contributed by atoms with van der Waals surface area (Å²) in [5, 5.41) is 11.5. The number of nitrogens with zero attached hydrogens (tertiary/aromatic N) is 2. The van der Waals surface area contributed by atoms with Gasteiger partial charge < -0.3 is 4.84 Å². The van der Waals surface area contributed by atoms with Gasteiger partial charge in [0.05, 0.1) is 11.6 Å². The molecule has 1 atom stereocenters. The normalized spacial score (nSPS) is 48.5. The second-order valence-corrected chi connectivity index (χ2v) is 7.40. The van der Waals surface area contributed by atoms with Crippen LogP contribution >= 0.6 is 0 Å². The highest BCUT2D eigenvalue weighted by Gasteiger charge is 2.58. The third-order valence-corrected chi connectivity index (χ3v) is 6.08. The first kappa shape index (κ1) is 11.8. The van der Waals surface area contributed by atoms with Crippen molar-refractivity contribution in [3.8, 4) is 6.07 Å². The topological polar surface area (TPSA) is 36.3 Å². The van der Waals surface area contributed by atoms with Crippen molar-refractivity contribution in [2.24, 2.45) is 23.2 Å². The molecule has 4 fully saturated rings. The Morgan fingerprint density at radius 3 is 2.16 bits per heavy atom. The van der Waals surface area contributed by atoms with Crippen LogP contribution in [0.15, 0.2) is 11.3 Å². The maximum Gasteiger partial charge on any atom is 0.136 e. The van der Waals surface area contributed by atoms with E-state index in [1.165, 1.54) is 38.5 Å². The van der Waals surface area contributed by atoms with Crippen LogP contribution in [0.2, 0.25) is 0 Å². The number of nitriles is 1. The van der Waals surface area contributed by atoms with Crippen LogP contribution in [0.4, 0.5) is 0 Å². The minimum atomic E-state index is 0.214. The zero-order valence-electron chi connectivity index (χ0n) is 11.9. The molecule has 0 aromatic heterocycles. The number of rotatable bonds is 1. The molecule has 0 radical (unpaired) electrons. The van der Waals surface area contributed by atoms with Gasteiger partial charge in [0.25, 0.3) is 0 Å². The number of hydrogen-bond donors (Lipinski definition) is 0. The fourth-order valence-electron chi connectivity index (χ4n) is 6.04. The van der Waals surface area contributed by atoms with Crippen LogP contribution < -0.4 is 0 Å². The molecular formula is C16H22N2O. The molecule has 0 saturated heterocycles. The Bertz CT molecular complexity index is 452. The van der Waals surface area contributed by atoms with E-state index in [0.29, 0.717) is 5.41 Å². The molecule has 3 heteroatoms. The van der Waals surface area contributed by atoms with Crippen LogP contribution in [0, 0.1) is 34.5 Å². The molecule has 0 aromatic carbocycles. The Morgan fingerprint density at radius 2 is 1.68 bits per heavy atom. The predicted octanol–water partition coefficient (Wildman–Crippen LogP) is 3.25. The van der Waals surface area contributed by atoms with E-state index in [-0.39, 0.29) is 6.04 Å². The third-order valence-electron chi connectivity index (χ3n) is 6.08. The molecule has 4 saturated carbocycles. The van der Waals surface area contributed by atoms with Crippen molar-refractivity contribution in [2.75, 3.05) is 7.05 Å². The molecule has 19 heavy (non-hydrogen) atoms. The van der Waals surface area contributed by atoms with Crippen molar-refractivity contribution in [2.45, 2.75) is 51.5 Å². The van der Waals surface area contributed by atoms with Crippen LogP contribution in [0.1, 0.15) is 45.4 Å². The molecule has 4 bridgehead atoms. The zero-order chi connectivity index (χ0) is 13.2. The fourth-order valence-corrected chi connectivity index (χ4v) is 6.04. The van der Waals surface area contributed by atoms with E-state index in [0.717, 1.165) is 29.1 Å². The summed E-state index contributed by atoms with van der Waals surface area (Å²) in [6.45, 7) is 1.94. The number of hydrogen-bond acceptors (Lipinski definition) is 3. The smallest absolute Gasteiger partial charge is 0.136 e. The summed E-state index contributed by atoms with van der Waals surface area (Å²) in [4.78, 5) is 5.76. The van der Waals surface area contributed by atoms with Gasteiger partial charge in [-0.2, -0.15) is 5.26 Å². The fraction of sp³-hybridized carbons (Fsp3) is 0.812. The lowest BCUT2D eigenvalue weighted by molar-refractivity contribution is -0.164. The Hall–Kier alpha value is -1.01. The molecule has 3 nitrogen and oxygen atoms in total. The molecule has 0 aromatic rings. The van der Waals surface area contributed by atoms with Crippen LogP contribution in [0.25, 0.3) is 0 Å². The van der Waals surface area contributed by atoms with E-state index in [2.05, 4.69) is 6.07 Å². The van der Waals surface area contributed by atoms with Gasteiger partial charge in [0, 0.05) is 7.05 Å². The van der Waals surface area contributed by atoms with Crippen LogP contribution in [0.3, 0.4) is 0 Å². The van der Waals surface area contributed by atoms with E-state index < -0.39 is 0 Å². The Balaban J connectivity index is 1.74. The standard InChI is InChI=1S/C16H22N2O/c1-10-14(9-17)15(18(2)19-10)16-6-11-3-12(7-16)5-13(4-11)8-16/h11-13,15H,3-8H2,1-2H3. The predicted molar refractivity (Wildman–Crippen MR) is 71.6 cm³/mol. The van der Waals surface area contributed by atoms with Gasteiger partial charge in [-0.05, 0) is 68.6 Å². The molecule has 102 valence electrons. The van der Waals surface area contributed by atoms with E-state index in [1.54, 1.807) is 0 Å². The Labute approximate surface area is 115 Å². The van der Waals surface area contributed by atoms with Gasteiger partial charge in [-0.1, -0.05) is 0 Å². The number of allylic oxidation sites excluding steroid dienone is 1. The Morgan fingerprint density at radius 1 is 1.16 bits per heavy atom. The summed E-state index contributed by atoms with van der Waals surface area (Å²) in [5.74, 6) is 3.58. The number of hydroxylamine groups is 2. The quantitative estimate of drug-likeness (QED) is 0.724. The highest BCUT2D eigenvalue weighted by Crippen LogP contribution is 2.63. The van der Waals surface area contributed by atoms with Crippen LogP contribution in [-0.2, 0) is 4.84 Å². The van der Waals surface area contributed by atoms with E-state index in [9.17, 15) is 5.26 Å². The van der Waals surface area contributed by atoms with Crippen molar-refractivity contribution in [1.29, 1.82) is 5.26 Å². The average Bonchev–Trinajstić information content (AvgIpc) is 2.62. The van der Waals surface area contributed by atoms with Crippen molar-refractivity contribution >= 4 is 0 Å². The lowest BCUT2D eigenvalue weighted by atomic mass is 9.47. The minimum absolute atomic E-state index is 0.214. The molecule has 0 amide bonds. The largest absolute Gasteiger partial charge is 0.409 e. The molecule has 1 heterocycles. The van der Waals surface area contributed by atoms with E-state index in [1.807, 2.05) is 19.0 Å². The molecular weight excluding hydrogens is 236 g/mol. The maximum atomic E-state index is 9.51. The average molecular weight is 258 g/mol. The summed E-state index contributed by atoms with van der Waals surface area (Å²) < 4.78 is 0. The van der Waals surface area contributed by atoms with Gasteiger partial charge >= 0.3 is 0 Å². The van der Waals surface area contributed by atoms with Gasteiger partial charge in [-0.15, -0.1) is 5.06 Å². The van der Waals surface area contributed by atoms with Gasteiger partial charge in [0.15, 0.2) is 0 Å². The lowest BCUT2D eigenvalue weighted by Gasteiger charge is -2.59. The highest BCUT2D eigenvalue weighted by atomic mass is 16.7. The molecule has 1 unspecified atom stereocenters. The molecule has 0 spiro atoms. The molecule has 1 aliphatic heterocycles. The minimum Gasteiger partial charge on any atom is -0.409 e. The monoisotopic (exact) mass is 258 g/mol. The van der Waals surface area contributed by atoms with E-state index >= 15 is 0 Å². The van der Waals surface area contributed by atoms with Gasteiger partial charge in [0.2, 0.25) is 0 Å². The second-order valence-electron chi connectivity index (χ2n) is 7.40. The van der Waals surface area contributed by atoms with Crippen molar-refractivity contribution in [1.82, 2.24) is 5.06 Å². The van der Waals surface area contributed by atoms with Crippen molar-refractivity contribution in [3.63, 3.8) is 0 Å². The summed E-state index contributed by atoms with van der Waals surface area (Å²) in [5.41, 5.74) is 1.22. The van der Waals surface area contributed by atoms with Crippen molar-refractivity contribution in [3.05, 3.63) is 11.3 Å². The summed E-state index contributed by atoms with van der Waals surface area (Å²) in [6, 6.07) is 2.65. The Kier molecular flexibility index (Phi) is 2.33. The van der Waals surface area contributed by atoms with E-state index in [4.69, 9.17) is 4.84 Å². The first-order chi connectivity index (χ1) is 9.11. The summed E-state index contributed by atoms with van der Waals surface area (Å²) in [6.07, 6.45) is 8.28. The number of likely N-dealkylation sites (N-methyl/N-ethyl adjacent to an activating group) is 1. The zero-order valence-corrected chi connectivity index (χ0v) is 11.9. The second kappa shape index (κ2) is 3.76. The highest BCUT2D eigenvalue weighted by molar-refractivity contribution is 5.35. The molecule has 5 rings (SSSR count). The molecule has 5 aliphatic rings. The third kappa shape index (κ3) is 1.53. The summed E-state index contributed by atoms with van der Waals surface area (Å²) in [7, 11) is 2.01. The van der Waals surface area contributed by atoms with Crippen LogP contribution in [-0.4, -0.2) is 18.2 Å². The molecule has 4 aliphatic carbocycles. The SMILES string of the molecule is CC1=C(C#N)C(C23CC4CC(CC(C4)C2)C3)N(C)O1. The summed E-state index contributed by atoms with van der Waals surface area (Å²) >= 11 is 0. The van der Waals surface area contributed by atoms with Crippen LogP contribution in [0.5, 0.6) is 0 Å². The van der Waals surface area contributed by atoms with Crippen molar-refractivity contribution < 1.29 is 4.84 Å². The van der Waals surface area contributed by atoms with Gasteiger partial charge in [-0.3, -0.25) is 0 Å². The first-order valence-corrected chi connectivity index (χ1v) is 7.63. The van der Waals surface area contributed by atoms with Gasteiger partial charge in [0.1, 0.15) is 11.8 Å². The lowest BCUT2D eigenvalue weighted by Crippen LogP contribution is -2.55. The first-order valence-electron chi connectivity index (χ1n) is 7.63.